The molecule has 0 spiro atoms. The molecule has 0 radical (unpaired) electrons. The summed E-state index contributed by atoms with van der Waals surface area (Å²) in [6.07, 6.45) is 3.43. The van der Waals surface area contributed by atoms with E-state index in [0.29, 0.717) is 11.7 Å². The number of anilines is 2. The van der Waals surface area contributed by atoms with Crippen molar-refractivity contribution in [1.29, 1.82) is 5.26 Å². The number of hydrazone groups is 1. The first kappa shape index (κ1) is 20.4. The quantitative estimate of drug-likeness (QED) is 0.209. The average Bonchev–Trinajstić information content (AvgIpc) is 3.15. The number of rotatable bonds is 6. The number of nitriles is 1. The molecule has 0 bridgehead atoms. The minimum absolute atomic E-state index is 0.0509. The Morgan fingerprint density at radius 1 is 1.35 bits per heavy atom. The van der Waals surface area contributed by atoms with Gasteiger partial charge in [-0.1, -0.05) is 12.1 Å². The van der Waals surface area contributed by atoms with Crippen LogP contribution in [-0.2, 0) is 6.54 Å². The summed E-state index contributed by atoms with van der Waals surface area (Å²) in [5.41, 5.74) is 3.58. The van der Waals surface area contributed by atoms with Crippen LogP contribution in [0.5, 0.6) is 0 Å². The molecule has 1 aliphatic heterocycles. The van der Waals surface area contributed by atoms with Gasteiger partial charge in [0.25, 0.3) is 0 Å². The van der Waals surface area contributed by atoms with Crippen LogP contribution in [0.1, 0.15) is 25.0 Å². The van der Waals surface area contributed by atoms with E-state index in [4.69, 9.17) is 11.1 Å². The van der Waals surface area contributed by atoms with Crippen LogP contribution >= 0.6 is 0 Å². The van der Waals surface area contributed by atoms with E-state index in [1.807, 2.05) is 50.4 Å². The highest BCUT2D eigenvalue weighted by molar-refractivity contribution is 5.99. The van der Waals surface area contributed by atoms with Crippen molar-refractivity contribution < 1.29 is 0 Å². The molecule has 0 aliphatic carbocycles. The molecule has 3 N–H and O–H groups in total. The Labute approximate surface area is 180 Å². The van der Waals surface area contributed by atoms with E-state index in [2.05, 4.69) is 41.7 Å². The summed E-state index contributed by atoms with van der Waals surface area (Å²) < 4.78 is 1.81. The monoisotopic (exact) mass is 416 g/mol. The van der Waals surface area contributed by atoms with Crippen molar-refractivity contribution in [2.24, 2.45) is 27.1 Å². The first-order valence-electron chi connectivity index (χ1n) is 10.1. The molecule has 3 aromatic rings. The van der Waals surface area contributed by atoms with Crippen LogP contribution in [0.25, 0.3) is 5.52 Å². The highest BCUT2D eigenvalue weighted by Gasteiger charge is 2.27. The van der Waals surface area contributed by atoms with E-state index in [1.54, 1.807) is 4.52 Å². The van der Waals surface area contributed by atoms with E-state index >= 15 is 0 Å². The van der Waals surface area contributed by atoms with Crippen molar-refractivity contribution in [1.82, 2.24) is 19.5 Å². The Balaban J connectivity index is 1.59. The van der Waals surface area contributed by atoms with Crippen LogP contribution in [-0.4, -0.2) is 44.5 Å². The first-order chi connectivity index (χ1) is 15.1. The molecule has 4 rings (SSSR count). The van der Waals surface area contributed by atoms with Crippen molar-refractivity contribution in [2.75, 3.05) is 18.4 Å². The fourth-order valence-electron chi connectivity index (χ4n) is 3.46. The Morgan fingerprint density at radius 3 is 2.94 bits per heavy atom. The zero-order chi connectivity index (χ0) is 21.8. The number of nitrogens with zero attached hydrogens (tertiary/aromatic N) is 8. The van der Waals surface area contributed by atoms with Crippen LogP contribution in [0, 0.1) is 17.2 Å². The van der Waals surface area contributed by atoms with Crippen molar-refractivity contribution in [3.05, 3.63) is 54.0 Å². The van der Waals surface area contributed by atoms with Gasteiger partial charge in [-0.15, -0.1) is 5.11 Å². The third-order valence-corrected chi connectivity index (χ3v) is 4.96. The third-order valence-electron chi connectivity index (χ3n) is 4.96. The van der Waals surface area contributed by atoms with E-state index in [0.717, 1.165) is 42.0 Å². The van der Waals surface area contributed by atoms with Gasteiger partial charge in [-0.3, -0.25) is 4.90 Å². The number of hydrogen-bond acceptors (Lipinski definition) is 8. The van der Waals surface area contributed by atoms with Crippen LogP contribution in [0.15, 0.2) is 58.2 Å². The van der Waals surface area contributed by atoms with Crippen molar-refractivity contribution in [3.63, 3.8) is 0 Å². The number of amidine groups is 1. The zero-order valence-corrected chi connectivity index (χ0v) is 17.5. The number of fused-ring (bicyclic) bond motifs is 1. The first-order valence-corrected chi connectivity index (χ1v) is 10.1. The smallest absolute Gasteiger partial charge is 0.200 e. The minimum Gasteiger partial charge on any atom is -0.338 e. The summed E-state index contributed by atoms with van der Waals surface area (Å²) in [5, 5.41) is 28.7. The van der Waals surface area contributed by atoms with E-state index < -0.39 is 0 Å². The molecule has 0 saturated carbocycles. The van der Waals surface area contributed by atoms with E-state index in [9.17, 15) is 0 Å². The van der Waals surface area contributed by atoms with Crippen molar-refractivity contribution in [2.45, 2.75) is 26.4 Å². The predicted molar refractivity (Wildman–Crippen MR) is 118 cm³/mol. The summed E-state index contributed by atoms with van der Waals surface area (Å²) in [4.78, 5) is 6.70. The molecule has 1 saturated heterocycles. The maximum Gasteiger partial charge on any atom is 0.200 e. The predicted octanol–water partition coefficient (Wildman–Crippen LogP) is 2.91. The standard InChI is InChI=1S/C21H24N10/c1-14(2)28-29-20(27-23)16-4-3-5-18(8-16)26-21-19-17(6-7-31(19)25-13-24-21)12-30-10-15(9-22)11-30/h3-8,13-15H,10-12,23H2,1-2H3,(H,24,25,26). The molecular formula is C21H24N10. The maximum atomic E-state index is 9.01. The summed E-state index contributed by atoms with van der Waals surface area (Å²) in [7, 11) is 0. The number of hydrogen-bond donors (Lipinski definition) is 2. The fraction of sp³-hybridized carbons (Fsp3) is 0.333. The number of nitrogens with one attached hydrogen (secondary N) is 1. The number of aromatic nitrogens is 3. The Hall–Kier alpha value is -3.84. The van der Waals surface area contributed by atoms with Crippen LogP contribution in [0.3, 0.4) is 0 Å². The third kappa shape index (κ3) is 4.51. The van der Waals surface area contributed by atoms with Crippen molar-refractivity contribution >= 4 is 22.9 Å². The molecule has 2 aromatic heterocycles. The second-order valence-corrected chi connectivity index (χ2v) is 7.73. The maximum absolute atomic E-state index is 9.01. The number of benzene rings is 1. The van der Waals surface area contributed by atoms with Gasteiger partial charge in [-0.2, -0.15) is 20.6 Å². The molecule has 10 heteroatoms. The molecule has 0 amide bonds. The van der Waals surface area contributed by atoms with Gasteiger partial charge in [0.2, 0.25) is 0 Å². The van der Waals surface area contributed by atoms with E-state index in [1.165, 1.54) is 6.33 Å². The number of nitrogens with two attached hydrogens (primary N) is 1. The van der Waals surface area contributed by atoms with Gasteiger partial charge in [0.05, 0.1) is 18.0 Å². The molecule has 3 heterocycles. The lowest BCUT2D eigenvalue weighted by Crippen LogP contribution is -2.45. The molecule has 1 fully saturated rings. The summed E-state index contributed by atoms with van der Waals surface area (Å²) in [6.45, 7) is 6.20. The fourth-order valence-corrected chi connectivity index (χ4v) is 3.46. The zero-order valence-electron chi connectivity index (χ0n) is 17.5. The van der Waals surface area contributed by atoms with Gasteiger partial charge in [-0.05, 0) is 37.6 Å². The summed E-state index contributed by atoms with van der Waals surface area (Å²) in [6, 6.07) is 12.0. The largest absolute Gasteiger partial charge is 0.338 e. The Bertz CT molecular complexity index is 1160. The van der Waals surface area contributed by atoms with Gasteiger partial charge < -0.3 is 11.2 Å². The minimum atomic E-state index is 0.0509. The molecule has 158 valence electrons. The van der Waals surface area contributed by atoms with E-state index in [-0.39, 0.29) is 12.0 Å². The molecule has 1 aliphatic rings. The second-order valence-electron chi connectivity index (χ2n) is 7.73. The number of azo groups is 1. The van der Waals surface area contributed by atoms with Gasteiger partial charge in [-0.25, -0.2) is 9.50 Å². The molecule has 1 aromatic carbocycles. The van der Waals surface area contributed by atoms with Gasteiger partial charge >= 0.3 is 0 Å². The summed E-state index contributed by atoms with van der Waals surface area (Å²) >= 11 is 0. The molecule has 31 heavy (non-hydrogen) atoms. The number of likely N-dealkylation sites (tertiary alicyclic amines) is 1. The lowest BCUT2D eigenvalue weighted by molar-refractivity contribution is 0.127. The molecule has 0 unspecified atom stereocenters. The van der Waals surface area contributed by atoms with Crippen molar-refractivity contribution in [3.8, 4) is 6.07 Å². The average molecular weight is 416 g/mol. The molecule has 10 nitrogen and oxygen atoms in total. The van der Waals surface area contributed by atoms with Crippen LogP contribution in [0.2, 0.25) is 0 Å². The van der Waals surface area contributed by atoms with Gasteiger partial charge in [0.15, 0.2) is 11.7 Å². The summed E-state index contributed by atoms with van der Waals surface area (Å²) in [5.74, 6) is 6.70. The molecule has 0 atom stereocenters. The highest BCUT2D eigenvalue weighted by Crippen LogP contribution is 2.26. The van der Waals surface area contributed by atoms with Gasteiger partial charge in [0, 0.05) is 37.1 Å². The van der Waals surface area contributed by atoms with Gasteiger partial charge in [0.1, 0.15) is 11.8 Å². The SMILES string of the molecule is CC(C)N=NC(=NN)c1cccc(Nc2ncnn3ccc(CN4CC(C#N)C4)c23)c1. The Morgan fingerprint density at radius 2 is 2.19 bits per heavy atom. The Kier molecular flexibility index (Phi) is 5.86. The lowest BCUT2D eigenvalue weighted by atomic mass is 10.0. The van der Waals surface area contributed by atoms with Crippen LogP contribution in [0.4, 0.5) is 11.5 Å². The van der Waals surface area contributed by atoms with Crippen LogP contribution < -0.4 is 11.2 Å². The lowest BCUT2D eigenvalue weighted by Gasteiger charge is -2.35. The topological polar surface area (TPSA) is 132 Å². The molecular weight excluding hydrogens is 392 g/mol. The second kappa shape index (κ2) is 8.89. The highest BCUT2D eigenvalue weighted by atomic mass is 15.3. The normalized spacial score (nSPS) is 15.5.